The smallest absolute Gasteiger partial charge is 0.234 e. The molecule has 140 valence electrons. The molecule has 1 aromatic heterocycles. The molecule has 0 spiro atoms. The molecule has 1 aliphatic heterocycles. The van der Waals surface area contributed by atoms with Gasteiger partial charge < -0.3 is 10.3 Å². The number of benzene rings is 1. The normalized spacial score (nSPS) is 18.3. The zero-order valence-corrected chi connectivity index (χ0v) is 15.2. The Labute approximate surface area is 151 Å². The molecule has 1 fully saturated rings. The molecule has 9 heteroatoms. The number of nitrogens with zero attached hydrogens (tertiary/aromatic N) is 3. The summed E-state index contributed by atoms with van der Waals surface area (Å²) in [7, 11) is -3.59. The van der Waals surface area contributed by atoms with Crippen LogP contribution in [-0.4, -0.2) is 47.6 Å². The average molecular weight is 380 g/mol. The zero-order valence-electron chi connectivity index (χ0n) is 14.4. The Bertz CT molecular complexity index is 926. The predicted molar refractivity (Wildman–Crippen MR) is 93.5 cm³/mol. The van der Waals surface area contributed by atoms with E-state index in [1.807, 2.05) is 4.90 Å². The van der Waals surface area contributed by atoms with Crippen LogP contribution in [0.1, 0.15) is 24.1 Å². The van der Waals surface area contributed by atoms with Crippen LogP contribution in [0.2, 0.25) is 0 Å². The van der Waals surface area contributed by atoms with Crippen molar-refractivity contribution in [1.82, 2.24) is 14.5 Å². The molecule has 0 unspecified atom stereocenters. The van der Waals surface area contributed by atoms with Gasteiger partial charge in [0.1, 0.15) is 5.82 Å². The number of imidazole rings is 1. The third kappa shape index (κ3) is 3.78. The van der Waals surface area contributed by atoms with E-state index in [4.69, 9.17) is 5.73 Å². The van der Waals surface area contributed by atoms with E-state index < -0.39 is 21.6 Å². The zero-order chi connectivity index (χ0) is 18.9. The first-order valence-corrected chi connectivity index (χ1v) is 10.2. The van der Waals surface area contributed by atoms with Gasteiger partial charge in [0.05, 0.1) is 24.5 Å². The van der Waals surface area contributed by atoms with Crippen molar-refractivity contribution in [1.29, 1.82) is 0 Å². The number of likely N-dealkylation sites (tertiary alicyclic amines) is 1. The number of halogens is 1. The lowest BCUT2D eigenvalue weighted by Gasteiger charge is -2.22. The van der Waals surface area contributed by atoms with Crippen molar-refractivity contribution in [3.05, 3.63) is 47.5 Å². The van der Waals surface area contributed by atoms with Gasteiger partial charge in [-0.25, -0.2) is 17.8 Å². The van der Waals surface area contributed by atoms with Crippen LogP contribution >= 0.6 is 0 Å². The highest BCUT2D eigenvalue weighted by molar-refractivity contribution is 7.90. The van der Waals surface area contributed by atoms with E-state index in [2.05, 4.69) is 4.98 Å². The van der Waals surface area contributed by atoms with Crippen molar-refractivity contribution in [3.63, 3.8) is 0 Å². The van der Waals surface area contributed by atoms with E-state index in [1.54, 1.807) is 18.2 Å². The maximum Gasteiger partial charge on any atom is 0.234 e. The molecule has 2 aromatic rings. The summed E-state index contributed by atoms with van der Waals surface area (Å²) in [6, 6.07) is 5.82. The van der Waals surface area contributed by atoms with Crippen molar-refractivity contribution in [2.24, 2.45) is 5.73 Å². The average Bonchev–Trinajstić information content (AvgIpc) is 3.17. The van der Waals surface area contributed by atoms with E-state index in [0.29, 0.717) is 30.8 Å². The number of sulfone groups is 1. The largest absolute Gasteiger partial charge is 0.368 e. The van der Waals surface area contributed by atoms with Crippen LogP contribution in [0.4, 0.5) is 4.39 Å². The molecule has 1 saturated heterocycles. The van der Waals surface area contributed by atoms with E-state index in [-0.39, 0.29) is 17.7 Å². The quantitative estimate of drug-likeness (QED) is 0.804. The summed E-state index contributed by atoms with van der Waals surface area (Å²) < 4.78 is 39.7. The van der Waals surface area contributed by atoms with Gasteiger partial charge in [-0.15, -0.1) is 0 Å². The molecule has 1 aromatic carbocycles. The van der Waals surface area contributed by atoms with E-state index in [0.717, 1.165) is 12.7 Å². The number of nitrogens with two attached hydrogens (primary N) is 1. The van der Waals surface area contributed by atoms with Gasteiger partial charge >= 0.3 is 0 Å². The lowest BCUT2D eigenvalue weighted by Crippen LogP contribution is -2.40. The van der Waals surface area contributed by atoms with Crippen molar-refractivity contribution in [3.8, 4) is 0 Å². The van der Waals surface area contributed by atoms with Gasteiger partial charge in [-0.3, -0.25) is 9.69 Å². The molecule has 1 aliphatic rings. The number of aromatic nitrogens is 2. The Hall–Kier alpha value is -2.26. The molecule has 26 heavy (non-hydrogen) atoms. The van der Waals surface area contributed by atoms with Crippen LogP contribution in [0.15, 0.2) is 35.6 Å². The van der Waals surface area contributed by atoms with Crippen molar-refractivity contribution in [2.75, 3.05) is 12.8 Å². The van der Waals surface area contributed by atoms with Crippen molar-refractivity contribution >= 4 is 15.7 Å². The Balaban J connectivity index is 1.97. The standard InChI is InChI=1S/C17H21FN4O3S/c1-26(24,25)17-20-9-13(11-21-8-4-7-15(21)16(19)23)22(17)10-12-5-2-3-6-14(12)18/h2-3,5-6,9,15H,4,7-8,10-11H2,1H3,(H2,19,23)/t15-/m0/s1. The Morgan fingerprint density at radius 3 is 2.73 bits per heavy atom. The molecule has 2 N–H and O–H groups in total. The van der Waals surface area contributed by atoms with Crippen LogP contribution in [0.25, 0.3) is 0 Å². The number of carbonyl (C=O) groups excluding carboxylic acids is 1. The fourth-order valence-electron chi connectivity index (χ4n) is 3.33. The minimum atomic E-state index is -3.59. The van der Waals surface area contributed by atoms with Crippen LogP contribution in [0.5, 0.6) is 0 Å². The van der Waals surface area contributed by atoms with Gasteiger partial charge in [0.2, 0.25) is 20.9 Å². The van der Waals surface area contributed by atoms with Gasteiger partial charge in [0.25, 0.3) is 0 Å². The molecule has 0 radical (unpaired) electrons. The van der Waals surface area contributed by atoms with Crippen LogP contribution in [-0.2, 0) is 27.7 Å². The Kier molecular flexibility index (Phi) is 5.10. The van der Waals surface area contributed by atoms with E-state index in [1.165, 1.54) is 16.8 Å². The number of carbonyl (C=O) groups is 1. The number of hydrogen-bond acceptors (Lipinski definition) is 5. The first-order valence-electron chi connectivity index (χ1n) is 8.28. The highest BCUT2D eigenvalue weighted by atomic mass is 32.2. The van der Waals surface area contributed by atoms with E-state index >= 15 is 0 Å². The molecule has 0 aliphatic carbocycles. The molecule has 1 atom stereocenters. The second-order valence-electron chi connectivity index (χ2n) is 6.51. The maximum atomic E-state index is 14.1. The van der Waals surface area contributed by atoms with Crippen molar-refractivity contribution in [2.45, 2.75) is 37.1 Å². The number of primary amides is 1. The molecule has 7 nitrogen and oxygen atoms in total. The second kappa shape index (κ2) is 7.16. The third-order valence-electron chi connectivity index (χ3n) is 4.58. The summed E-state index contributed by atoms with van der Waals surface area (Å²) in [5, 5.41) is -0.120. The monoisotopic (exact) mass is 380 g/mol. The molecule has 0 saturated carbocycles. The highest BCUT2D eigenvalue weighted by Gasteiger charge is 2.30. The fourth-order valence-corrected chi connectivity index (χ4v) is 4.15. The lowest BCUT2D eigenvalue weighted by molar-refractivity contribution is -0.122. The molecule has 3 rings (SSSR count). The summed E-state index contributed by atoms with van der Waals surface area (Å²) in [6.07, 6.45) is 4.05. The predicted octanol–water partition coefficient (Wildman–Crippen LogP) is 0.924. The van der Waals surface area contributed by atoms with Gasteiger partial charge in [-0.2, -0.15) is 0 Å². The van der Waals surface area contributed by atoms with Crippen molar-refractivity contribution < 1.29 is 17.6 Å². The maximum absolute atomic E-state index is 14.1. The summed E-state index contributed by atoms with van der Waals surface area (Å²) in [6.45, 7) is 1.05. The van der Waals surface area contributed by atoms with Crippen LogP contribution in [0.3, 0.4) is 0 Å². The molecule has 2 heterocycles. The Morgan fingerprint density at radius 1 is 1.35 bits per heavy atom. The van der Waals surface area contributed by atoms with Gasteiger partial charge in [0, 0.05) is 18.4 Å². The minimum absolute atomic E-state index is 0.0412. The topological polar surface area (TPSA) is 98.3 Å². The van der Waals surface area contributed by atoms with Crippen LogP contribution in [0, 0.1) is 5.82 Å². The summed E-state index contributed by atoms with van der Waals surface area (Å²) in [5.74, 6) is -0.811. The minimum Gasteiger partial charge on any atom is -0.368 e. The van der Waals surface area contributed by atoms with Gasteiger partial charge in [-0.05, 0) is 25.5 Å². The van der Waals surface area contributed by atoms with Gasteiger partial charge in [-0.1, -0.05) is 18.2 Å². The van der Waals surface area contributed by atoms with Crippen LogP contribution < -0.4 is 5.73 Å². The second-order valence-corrected chi connectivity index (χ2v) is 8.42. The SMILES string of the molecule is CS(=O)(=O)c1ncc(CN2CCC[C@H]2C(N)=O)n1Cc1ccccc1F. The first kappa shape index (κ1) is 18.5. The molecule has 0 bridgehead atoms. The van der Waals surface area contributed by atoms with E-state index in [9.17, 15) is 17.6 Å². The fraction of sp³-hybridized carbons (Fsp3) is 0.412. The number of rotatable bonds is 6. The number of amides is 1. The third-order valence-corrected chi connectivity index (χ3v) is 5.57. The molecular formula is C17H21FN4O3S. The van der Waals surface area contributed by atoms with Gasteiger partial charge in [0.15, 0.2) is 0 Å². The molecule has 1 amide bonds. The highest BCUT2D eigenvalue weighted by Crippen LogP contribution is 2.22. The lowest BCUT2D eigenvalue weighted by atomic mass is 10.2. The summed E-state index contributed by atoms with van der Waals surface area (Å²) >= 11 is 0. The summed E-state index contributed by atoms with van der Waals surface area (Å²) in [5.41, 5.74) is 6.41. The first-order chi connectivity index (χ1) is 12.3. The number of hydrogen-bond donors (Lipinski definition) is 1. The molecular weight excluding hydrogens is 359 g/mol. The summed E-state index contributed by atoms with van der Waals surface area (Å²) in [4.78, 5) is 17.5. The Morgan fingerprint density at radius 2 is 2.08 bits per heavy atom.